The van der Waals surface area contributed by atoms with E-state index in [-0.39, 0.29) is 0 Å². The highest BCUT2D eigenvalue weighted by Crippen LogP contribution is 2.18. The van der Waals surface area contributed by atoms with Crippen LogP contribution in [0.15, 0.2) is 29.2 Å². The SMILES string of the molecule is C#CCCSc1ccc(CN)cc1. The summed E-state index contributed by atoms with van der Waals surface area (Å²) in [6.07, 6.45) is 5.98. The third-order valence-corrected chi connectivity index (χ3v) is 2.69. The van der Waals surface area contributed by atoms with Crippen LogP contribution in [0.1, 0.15) is 12.0 Å². The Balaban J connectivity index is 2.45. The maximum absolute atomic E-state index is 5.49. The number of hydrogen-bond acceptors (Lipinski definition) is 2. The van der Waals surface area contributed by atoms with Crippen LogP contribution in [0, 0.1) is 12.3 Å². The number of nitrogens with two attached hydrogens (primary N) is 1. The molecule has 0 radical (unpaired) electrons. The maximum Gasteiger partial charge on any atom is 0.0180 e. The van der Waals surface area contributed by atoms with Crippen LogP contribution in [0.3, 0.4) is 0 Å². The summed E-state index contributed by atoms with van der Waals surface area (Å²) in [5.74, 6) is 3.60. The summed E-state index contributed by atoms with van der Waals surface area (Å²) < 4.78 is 0. The standard InChI is InChI=1S/C11H13NS/c1-2-3-8-13-11-6-4-10(9-12)5-7-11/h1,4-7H,3,8-9,12H2. The van der Waals surface area contributed by atoms with Crippen molar-refractivity contribution in [3.8, 4) is 12.3 Å². The van der Waals surface area contributed by atoms with Gasteiger partial charge in [-0.2, -0.15) is 0 Å². The quantitative estimate of drug-likeness (QED) is 0.449. The van der Waals surface area contributed by atoms with E-state index in [1.165, 1.54) is 10.5 Å². The number of thioether (sulfide) groups is 1. The van der Waals surface area contributed by atoms with Crippen LogP contribution in [0.2, 0.25) is 0 Å². The van der Waals surface area contributed by atoms with Gasteiger partial charge in [-0.05, 0) is 17.7 Å². The van der Waals surface area contributed by atoms with Crippen LogP contribution in [-0.2, 0) is 6.54 Å². The molecule has 68 valence electrons. The molecule has 1 rings (SSSR count). The highest BCUT2D eigenvalue weighted by molar-refractivity contribution is 7.99. The van der Waals surface area contributed by atoms with Crippen LogP contribution in [-0.4, -0.2) is 5.75 Å². The molecule has 0 atom stereocenters. The van der Waals surface area contributed by atoms with E-state index in [1.807, 2.05) is 0 Å². The van der Waals surface area contributed by atoms with Gasteiger partial charge in [0.2, 0.25) is 0 Å². The smallest absolute Gasteiger partial charge is 0.0180 e. The van der Waals surface area contributed by atoms with Gasteiger partial charge >= 0.3 is 0 Å². The molecule has 1 aromatic rings. The zero-order valence-electron chi connectivity index (χ0n) is 7.49. The second-order valence-corrected chi connectivity index (χ2v) is 3.82. The molecule has 1 nitrogen and oxygen atoms in total. The third-order valence-electron chi connectivity index (χ3n) is 1.67. The molecule has 13 heavy (non-hydrogen) atoms. The molecule has 0 aliphatic carbocycles. The molecule has 0 bridgehead atoms. The fourth-order valence-electron chi connectivity index (χ4n) is 0.950. The lowest BCUT2D eigenvalue weighted by molar-refractivity contribution is 1.07. The first-order valence-electron chi connectivity index (χ1n) is 4.22. The Bertz CT molecular complexity index is 284. The number of benzene rings is 1. The van der Waals surface area contributed by atoms with Gasteiger partial charge in [0.25, 0.3) is 0 Å². The van der Waals surface area contributed by atoms with Crippen molar-refractivity contribution < 1.29 is 0 Å². The number of rotatable bonds is 4. The minimum Gasteiger partial charge on any atom is -0.326 e. The normalized spacial score (nSPS) is 9.54. The summed E-state index contributed by atoms with van der Waals surface area (Å²) in [5.41, 5.74) is 6.66. The van der Waals surface area contributed by atoms with Crippen molar-refractivity contribution >= 4 is 11.8 Å². The first-order valence-corrected chi connectivity index (χ1v) is 5.20. The molecule has 1 aromatic carbocycles. The van der Waals surface area contributed by atoms with Crippen LogP contribution in [0.4, 0.5) is 0 Å². The fraction of sp³-hybridized carbons (Fsp3) is 0.273. The molecule has 0 aliphatic heterocycles. The van der Waals surface area contributed by atoms with Gasteiger partial charge in [0.05, 0.1) is 0 Å². The third kappa shape index (κ3) is 3.54. The van der Waals surface area contributed by atoms with Gasteiger partial charge in [-0.1, -0.05) is 12.1 Å². The van der Waals surface area contributed by atoms with Gasteiger partial charge in [-0.25, -0.2) is 0 Å². The molecule has 0 saturated carbocycles. The molecule has 0 heterocycles. The van der Waals surface area contributed by atoms with E-state index in [0.29, 0.717) is 6.54 Å². The molecule has 0 amide bonds. The Morgan fingerprint density at radius 3 is 2.54 bits per heavy atom. The van der Waals surface area contributed by atoms with Gasteiger partial charge in [0.1, 0.15) is 0 Å². The van der Waals surface area contributed by atoms with E-state index in [2.05, 4.69) is 30.2 Å². The Morgan fingerprint density at radius 2 is 2.00 bits per heavy atom. The van der Waals surface area contributed by atoms with Crippen LogP contribution in [0.5, 0.6) is 0 Å². The molecule has 2 heteroatoms. The van der Waals surface area contributed by atoms with Crippen molar-refractivity contribution in [3.05, 3.63) is 29.8 Å². The predicted molar refractivity (Wildman–Crippen MR) is 58.5 cm³/mol. The first-order chi connectivity index (χ1) is 6.36. The average molecular weight is 191 g/mol. The van der Waals surface area contributed by atoms with Crippen molar-refractivity contribution in [1.29, 1.82) is 0 Å². The summed E-state index contributed by atoms with van der Waals surface area (Å²) in [5, 5.41) is 0. The van der Waals surface area contributed by atoms with E-state index >= 15 is 0 Å². The monoisotopic (exact) mass is 191 g/mol. The van der Waals surface area contributed by atoms with Gasteiger partial charge < -0.3 is 5.73 Å². The molecular formula is C11H13NS. The highest BCUT2D eigenvalue weighted by atomic mass is 32.2. The van der Waals surface area contributed by atoms with Gasteiger partial charge in [0, 0.05) is 23.6 Å². The highest BCUT2D eigenvalue weighted by Gasteiger charge is 1.93. The Hall–Kier alpha value is -0.910. The number of terminal acetylenes is 1. The lowest BCUT2D eigenvalue weighted by atomic mass is 10.2. The van der Waals surface area contributed by atoms with Crippen LogP contribution >= 0.6 is 11.8 Å². The molecular weight excluding hydrogens is 178 g/mol. The van der Waals surface area contributed by atoms with Crippen molar-refractivity contribution in [1.82, 2.24) is 0 Å². The lowest BCUT2D eigenvalue weighted by Gasteiger charge is -2.00. The second-order valence-electron chi connectivity index (χ2n) is 2.65. The molecule has 0 saturated heterocycles. The van der Waals surface area contributed by atoms with Crippen molar-refractivity contribution in [2.75, 3.05) is 5.75 Å². The second kappa shape index (κ2) is 5.69. The zero-order valence-corrected chi connectivity index (χ0v) is 8.31. The van der Waals surface area contributed by atoms with Crippen molar-refractivity contribution in [2.45, 2.75) is 17.9 Å². The van der Waals surface area contributed by atoms with Gasteiger partial charge in [0.15, 0.2) is 0 Å². The summed E-state index contributed by atoms with van der Waals surface area (Å²) in [6, 6.07) is 8.28. The summed E-state index contributed by atoms with van der Waals surface area (Å²) in [7, 11) is 0. The molecule has 0 aromatic heterocycles. The molecule has 0 aliphatic rings. The maximum atomic E-state index is 5.49. The zero-order chi connectivity index (χ0) is 9.52. The summed E-state index contributed by atoms with van der Waals surface area (Å²) in [4.78, 5) is 1.26. The minimum atomic E-state index is 0.606. The van der Waals surface area contributed by atoms with E-state index in [1.54, 1.807) is 11.8 Å². The Morgan fingerprint density at radius 1 is 1.31 bits per heavy atom. The number of hydrogen-bond donors (Lipinski definition) is 1. The Kier molecular flexibility index (Phi) is 4.45. The van der Waals surface area contributed by atoms with Crippen molar-refractivity contribution in [3.63, 3.8) is 0 Å². The van der Waals surface area contributed by atoms with Gasteiger partial charge in [-0.3, -0.25) is 0 Å². The molecule has 0 unspecified atom stereocenters. The van der Waals surface area contributed by atoms with Crippen LogP contribution in [0.25, 0.3) is 0 Å². The molecule has 0 spiro atoms. The van der Waals surface area contributed by atoms with E-state index in [9.17, 15) is 0 Å². The fourth-order valence-corrected chi connectivity index (χ4v) is 1.73. The summed E-state index contributed by atoms with van der Waals surface area (Å²) >= 11 is 1.78. The van der Waals surface area contributed by atoms with E-state index in [0.717, 1.165) is 12.2 Å². The predicted octanol–water partition coefficient (Wildman–Crippen LogP) is 2.26. The lowest BCUT2D eigenvalue weighted by Crippen LogP contribution is -1.94. The average Bonchev–Trinajstić information content (AvgIpc) is 2.19. The van der Waals surface area contributed by atoms with Gasteiger partial charge in [-0.15, -0.1) is 24.1 Å². The van der Waals surface area contributed by atoms with Crippen molar-refractivity contribution in [2.24, 2.45) is 5.73 Å². The Labute approximate surface area is 83.7 Å². The van der Waals surface area contributed by atoms with E-state index in [4.69, 9.17) is 12.2 Å². The minimum absolute atomic E-state index is 0.606. The van der Waals surface area contributed by atoms with Crippen LogP contribution < -0.4 is 5.73 Å². The molecule has 0 fully saturated rings. The summed E-state index contributed by atoms with van der Waals surface area (Å²) in [6.45, 7) is 0.606. The van der Waals surface area contributed by atoms with E-state index < -0.39 is 0 Å². The first kappa shape index (κ1) is 10.2. The molecule has 2 N–H and O–H groups in total. The topological polar surface area (TPSA) is 26.0 Å². The largest absolute Gasteiger partial charge is 0.326 e.